The van der Waals surface area contributed by atoms with Crippen molar-refractivity contribution in [2.75, 3.05) is 32.1 Å². The minimum Gasteiger partial charge on any atom is -0.416 e. The van der Waals surface area contributed by atoms with Crippen LogP contribution in [0.25, 0.3) is 0 Å². The van der Waals surface area contributed by atoms with E-state index >= 15 is 0 Å². The largest absolute Gasteiger partial charge is 0.416 e. The molecule has 1 saturated carbocycles. The van der Waals surface area contributed by atoms with Gasteiger partial charge in [-0.2, -0.15) is 4.31 Å². The van der Waals surface area contributed by atoms with Gasteiger partial charge in [-0.15, -0.1) is 10.2 Å². The number of ketones is 1. The molecular weight excluding hydrogens is 390 g/mol. The summed E-state index contributed by atoms with van der Waals surface area (Å²) in [4.78, 5) is 12.5. The first kappa shape index (κ1) is 18.6. The Balaban J connectivity index is 1.38. The molecule has 2 aliphatic rings. The standard InChI is InChI=1S/C17H19N3O5S2/c21-15(11-26-17-19-18-16(25-17)13-1-2-13)12-3-5-14(6-4-12)27(22,23)20-7-9-24-10-8-20/h3-6,13H,1-2,7-11H2. The first-order chi connectivity index (χ1) is 13.0. The first-order valence-corrected chi connectivity index (χ1v) is 11.1. The van der Waals surface area contributed by atoms with Crippen LogP contribution in [0.3, 0.4) is 0 Å². The average Bonchev–Trinajstić information content (AvgIpc) is 3.45. The van der Waals surface area contributed by atoms with Crippen molar-refractivity contribution < 1.29 is 22.4 Å². The van der Waals surface area contributed by atoms with Crippen molar-refractivity contribution in [1.29, 1.82) is 0 Å². The molecule has 0 atom stereocenters. The quantitative estimate of drug-likeness (QED) is 0.505. The molecule has 0 unspecified atom stereocenters. The lowest BCUT2D eigenvalue weighted by Gasteiger charge is -2.26. The lowest BCUT2D eigenvalue weighted by atomic mass is 10.1. The Kier molecular flexibility index (Phi) is 5.31. The number of carbonyl (C=O) groups is 1. The SMILES string of the molecule is O=C(CSc1nnc(C2CC2)o1)c1ccc(S(=O)(=O)N2CCOCC2)cc1. The van der Waals surface area contributed by atoms with Crippen LogP contribution in [0.4, 0.5) is 0 Å². The van der Waals surface area contributed by atoms with Gasteiger partial charge in [0.25, 0.3) is 5.22 Å². The van der Waals surface area contributed by atoms with Gasteiger partial charge in [-0.25, -0.2) is 8.42 Å². The molecule has 0 bridgehead atoms. The molecule has 0 radical (unpaired) electrons. The Labute approximate surface area is 161 Å². The van der Waals surface area contributed by atoms with Crippen molar-refractivity contribution >= 4 is 27.6 Å². The second-order valence-corrected chi connectivity index (χ2v) is 9.30. The zero-order valence-corrected chi connectivity index (χ0v) is 16.2. The van der Waals surface area contributed by atoms with E-state index in [1.807, 2.05) is 0 Å². The highest BCUT2D eigenvalue weighted by Gasteiger charge is 2.29. The molecule has 8 nitrogen and oxygen atoms in total. The Morgan fingerprint density at radius 2 is 1.85 bits per heavy atom. The van der Waals surface area contributed by atoms with Gasteiger partial charge in [0.1, 0.15) is 0 Å². The maximum Gasteiger partial charge on any atom is 0.277 e. The third-order valence-corrected chi connectivity index (χ3v) is 7.19. The summed E-state index contributed by atoms with van der Waals surface area (Å²) in [6.07, 6.45) is 2.15. The highest BCUT2D eigenvalue weighted by Crippen LogP contribution is 2.39. The molecule has 0 amide bonds. The molecule has 4 rings (SSSR count). The fourth-order valence-corrected chi connectivity index (χ4v) is 4.81. The normalized spacial score (nSPS) is 18.5. The molecule has 2 aromatic rings. The number of ether oxygens (including phenoxy) is 1. The summed E-state index contributed by atoms with van der Waals surface area (Å²) in [6.45, 7) is 1.47. The molecule has 1 aromatic carbocycles. The lowest BCUT2D eigenvalue weighted by Crippen LogP contribution is -2.40. The first-order valence-electron chi connectivity index (χ1n) is 8.71. The molecule has 144 valence electrons. The number of aromatic nitrogens is 2. The van der Waals surface area contributed by atoms with Crippen molar-refractivity contribution in [3.8, 4) is 0 Å². The van der Waals surface area contributed by atoms with Crippen LogP contribution in [-0.2, 0) is 14.8 Å². The predicted molar refractivity (Wildman–Crippen MR) is 97.3 cm³/mol. The molecule has 10 heteroatoms. The number of benzene rings is 1. The number of nitrogens with zero attached hydrogens (tertiary/aromatic N) is 3. The third-order valence-electron chi connectivity index (χ3n) is 4.46. The molecule has 1 aliphatic carbocycles. The van der Waals surface area contributed by atoms with Crippen molar-refractivity contribution in [3.05, 3.63) is 35.7 Å². The Hall–Kier alpha value is -1.75. The fraction of sp³-hybridized carbons (Fsp3) is 0.471. The smallest absolute Gasteiger partial charge is 0.277 e. The lowest BCUT2D eigenvalue weighted by molar-refractivity contribution is 0.0730. The predicted octanol–water partition coefficient (Wildman–Crippen LogP) is 1.94. The summed E-state index contributed by atoms with van der Waals surface area (Å²) >= 11 is 1.19. The number of sulfonamides is 1. The number of hydrogen-bond acceptors (Lipinski definition) is 8. The van der Waals surface area contributed by atoms with E-state index in [9.17, 15) is 13.2 Å². The van der Waals surface area contributed by atoms with E-state index < -0.39 is 10.0 Å². The molecule has 0 N–H and O–H groups in total. The summed E-state index contributed by atoms with van der Waals surface area (Å²) in [6, 6.07) is 6.03. The Morgan fingerprint density at radius 1 is 1.15 bits per heavy atom. The van der Waals surface area contributed by atoms with Crippen LogP contribution in [0.5, 0.6) is 0 Å². The average molecular weight is 409 g/mol. The third kappa shape index (κ3) is 4.23. The zero-order valence-electron chi connectivity index (χ0n) is 14.5. The van der Waals surface area contributed by atoms with Crippen LogP contribution in [0, 0.1) is 0 Å². The van der Waals surface area contributed by atoms with E-state index in [0.717, 1.165) is 12.8 Å². The van der Waals surface area contributed by atoms with Crippen LogP contribution < -0.4 is 0 Å². The van der Waals surface area contributed by atoms with E-state index in [-0.39, 0.29) is 16.4 Å². The van der Waals surface area contributed by atoms with Crippen molar-refractivity contribution in [1.82, 2.24) is 14.5 Å². The van der Waals surface area contributed by atoms with Crippen LogP contribution in [0.15, 0.2) is 38.8 Å². The maximum absolute atomic E-state index is 12.6. The summed E-state index contributed by atoms with van der Waals surface area (Å²) in [5.74, 6) is 1.05. The van der Waals surface area contributed by atoms with E-state index in [0.29, 0.717) is 48.9 Å². The number of thioether (sulfide) groups is 1. The summed E-state index contributed by atoms with van der Waals surface area (Å²) in [5, 5.41) is 8.31. The minimum absolute atomic E-state index is 0.124. The van der Waals surface area contributed by atoms with Crippen LogP contribution in [0.2, 0.25) is 0 Å². The van der Waals surface area contributed by atoms with E-state index in [4.69, 9.17) is 9.15 Å². The van der Waals surface area contributed by atoms with E-state index in [1.54, 1.807) is 12.1 Å². The van der Waals surface area contributed by atoms with Gasteiger partial charge in [0.05, 0.1) is 23.9 Å². The van der Waals surface area contributed by atoms with E-state index in [1.165, 1.54) is 28.2 Å². The van der Waals surface area contributed by atoms with Gasteiger partial charge in [-0.3, -0.25) is 4.79 Å². The van der Waals surface area contributed by atoms with Gasteiger partial charge in [0.15, 0.2) is 5.78 Å². The molecule has 0 spiro atoms. The van der Waals surface area contributed by atoms with Crippen molar-refractivity contribution in [2.45, 2.75) is 28.9 Å². The summed E-state index contributed by atoms with van der Waals surface area (Å²) < 4.78 is 37.3. The second-order valence-electron chi connectivity index (χ2n) is 6.43. The Bertz CT molecular complexity index is 916. The number of hydrogen-bond donors (Lipinski definition) is 0. The van der Waals surface area contributed by atoms with Gasteiger partial charge in [-0.1, -0.05) is 23.9 Å². The van der Waals surface area contributed by atoms with Crippen molar-refractivity contribution in [2.24, 2.45) is 0 Å². The number of carbonyl (C=O) groups excluding carboxylic acids is 1. The topological polar surface area (TPSA) is 103 Å². The minimum atomic E-state index is -3.56. The number of rotatable bonds is 7. The Morgan fingerprint density at radius 3 is 2.52 bits per heavy atom. The van der Waals surface area contributed by atoms with Gasteiger partial charge in [0.2, 0.25) is 15.9 Å². The molecule has 1 saturated heterocycles. The van der Waals surface area contributed by atoms with Crippen LogP contribution in [-0.4, -0.2) is 60.8 Å². The van der Waals surface area contributed by atoms with E-state index in [2.05, 4.69) is 10.2 Å². The molecule has 2 heterocycles. The highest BCUT2D eigenvalue weighted by atomic mass is 32.2. The van der Waals surface area contributed by atoms with Gasteiger partial charge in [0, 0.05) is 24.6 Å². The molecular formula is C17H19N3O5S2. The highest BCUT2D eigenvalue weighted by molar-refractivity contribution is 7.99. The molecule has 1 aromatic heterocycles. The van der Waals surface area contributed by atoms with Crippen LogP contribution in [0.1, 0.15) is 35.0 Å². The molecule has 27 heavy (non-hydrogen) atoms. The number of Topliss-reactive ketones (excluding diaryl/α,β-unsaturated/α-hetero) is 1. The monoisotopic (exact) mass is 409 g/mol. The number of morpholine rings is 1. The summed E-state index contributed by atoms with van der Waals surface area (Å²) in [7, 11) is -3.56. The zero-order chi connectivity index (χ0) is 18.9. The van der Waals surface area contributed by atoms with Gasteiger partial charge < -0.3 is 9.15 Å². The fourth-order valence-electron chi connectivity index (χ4n) is 2.73. The summed E-state index contributed by atoms with van der Waals surface area (Å²) in [5.41, 5.74) is 0.449. The second kappa shape index (κ2) is 7.70. The molecule has 1 aliphatic heterocycles. The van der Waals surface area contributed by atoms with Gasteiger partial charge >= 0.3 is 0 Å². The van der Waals surface area contributed by atoms with Gasteiger partial charge in [-0.05, 0) is 25.0 Å². The van der Waals surface area contributed by atoms with Crippen molar-refractivity contribution in [3.63, 3.8) is 0 Å². The maximum atomic E-state index is 12.6. The molecule has 2 fully saturated rings. The van der Waals surface area contributed by atoms with Crippen LogP contribution >= 0.6 is 11.8 Å².